The molecule has 0 saturated heterocycles. The minimum atomic E-state index is -4.60. The van der Waals surface area contributed by atoms with Crippen LogP contribution in [0.4, 0.5) is 18.9 Å². The van der Waals surface area contributed by atoms with Gasteiger partial charge in [0.15, 0.2) is 0 Å². The molecule has 3 nitrogen and oxygen atoms in total. The molecule has 0 atom stereocenters. The summed E-state index contributed by atoms with van der Waals surface area (Å²) >= 11 is 10.4. The molecule has 0 aliphatic heterocycles. The van der Waals surface area contributed by atoms with E-state index in [9.17, 15) is 18.0 Å². The number of carbonyl (C=O) groups excluding carboxylic acids is 1. The first-order chi connectivity index (χ1) is 12.3. The second kappa shape index (κ2) is 9.53. The Morgan fingerprint density at radius 2 is 1.96 bits per heavy atom. The number of ether oxygens (including phenoxy) is 1. The number of para-hydroxylation sites is 1. The quantitative estimate of drug-likeness (QED) is 0.516. The molecule has 0 fully saturated rings. The van der Waals surface area contributed by atoms with Crippen molar-refractivity contribution in [2.24, 2.45) is 0 Å². The van der Waals surface area contributed by atoms with Crippen LogP contribution in [0, 0.1) is 0 Å². The molecule has 0 bridgehead atoms. The minimum absolute atomic E-state index is 0.00956. The van der Waals surface area contributed by atoms with Crippen molar-refractivity contribution in [1.29, 1.82) is 0 Å². The molecule has 2 aromatic carbocycles. The number of alkyl halides is 3. The van der Waals surface area contributed by atoms with Crippen molar-refractivity contribution in [2.75, 3.05) is 23.4 Å². The molecule has 0 unspecified atom stereocenters. The fraction of sp³-hybridized carbons (Fsp3) is 0.235. The highest BCUT2D eigenvalue weighted by atomic mass is 79.9. The van der Waals surface area contributed by atoms with Crippen molar-refractivity contribution in [1.82, 2.24) is 0 Å². The first-order valence-electron chi connectivity index (χ1n) is 7.39. The maximum atomic E-state index is 13.0. The summed E-state index contributed by atoms with van der Waals surface area (Å²) in [6.07, 6.45) is -4.60. The number of nitrogens with one attached hydrogen (secondary N) is 1. The zero-order chi connectivity index (χ0) is 19.2. The molecule has 0 aliphatic carbocycles. The highest BCUT2D eigenvalue weighted by Gasteiger charge is 2.34. The van der Waals surface area contributed by atoms with Crippen molar-refractivity contribution >= 4 is 50.9 Å². The van der Waals surface area contributed by atoms with Crippen molar-refractivity contribution in [3.05, 3.63) is 57.5 Å². The molecule has 0 radical (unpaired) electrons. The van der Waals surface area contributed by atoms with Crippen LogP contribution >= 0.6 is 39.3 Å². The topological polar surface area (TPSA) is 38.3 Å². The van der Waals surface area contributed by atoms with Crippen LogP contribution in [0.15, 0.2) is 46.9 Å². The summed E-state index contributed by atoms with van der Waals surface area (Å²) in [5.74, 6) is 0.630. The van der Waals surface area contributed by atoms with Gasteiger partial charge in [0.1, 0.15) is 5.75 Å². The van der Waals surface area contributed by atoms with E-state index in [0.717, 1.165) is 10.5 Å². The Balaban J connectivity index is 1.81. The number of halogens is 5. The van der Waals surface area contributed by atoms with Crippen LogP contribution in [0.2, 0.25) is 5.02 Å². The zero-order valence-corrected chi connectivity index (χ0v) is 16.4. The number of carbonyl (C=O) groups is 1. The van der Waals surface area contributed by atoms with Crippen LogP contribution in [0.5, 0.6) is 5.75 Å². The van der Waals surface area contributed by atoms with Crippen LogP contribution in [0.3, 0.4) is 0 Å². The third-order valence-corrected chi connectivity index (χ3v) is 4.84. The molecule has 0 heterocycles. The van der Waals surface area contributed by atoms with Crippen LogP contribution in [0.25, 0.3) is 0 Å². The van der Waals surface area contributed by atoms with Crippen LogP contribution in [0.1, 0.15) is 5.56 Å². The fourth-order valence-corrected chi connectivity index (χ4v) is 3.21. The summed E-state index contributed by atoms with van der Waals surface area (Å²) in [6, 6.07) is 10.7. The van der Waals surface area contributed by atoms with E-state index in [4.69, 9.17) is 16.3 Å². The van der Waals surface area contributed by atoms with Crippen molar-refractivity contribution in [3.63, 3.8) is 0 Å². The molecule has 9 heteroatoms. The molecule has 0 saturated carbocycles. The van der Waals surface area contributed by atoms with E-state index in [-0.39, 0.29) is 10.8 Å². The van der Waals surface area contributed by atoms with E-state index < -0.39 is 23.3 Å². The van der Waals surface area contributed by atoms with Crippen molar-refractivity contribution < 1.29 is 22.7 Å². The minimum Gasteiger partial charge on any atom is -0.493 e. The number of benzene rings is 2. The number of thioether (sulfide) groups is 1. The largest absolute Gasteiger partial charge is 0.493 e. The first kappa shape index (κ1) is 20.9. The number of anilines is 1. The lowest BCUT2D eigenvalue weighted by atomic mass is 10.1. The normalized spacial score (nSPS) is 11.3. The smallest absolute Gasteiger partial charge is 0.418 e. The Labute approximate surface area is 166 Å². The zero-order valence-electron chi connectivity index (χ0n) is 13.3. The predicted octanol–water partition coefficient (Wildman–Crippen LogP) is 5.87. The lowest BCUT2D eigenvalue weighted by Gasteiger charge is -2.15. The lowest BCUT2D eigenvalue weighted by Crippen LogP contribution is -2.19. The third kappa shape index (κ3) is 6.41. The number of hydrogen-bond acceptors (Lipinski definition) is 3. The summed E-state index contributed by atoms with van der Waals surface area (Å²) in [6.45, 7) is 0.369. The Morgan fingerprint density at radius 1 is 1.23 bits per heavy atom. The molecule has 0 spiro atoms. The SMILES string of the molecule is O=C(CSCCOc1cccc(Br)c1)Nc1c(Cl)cccc1C(F)(F)F. The van der Waals surface area contributed by atoms with Gasteiger partial charge < -0.3 is 10.1 Å². The van der Waals surface area contributed by atoms with Gasteiger partial charge in [-0.15, -0.1) is 11.8 Å². The van der Waals surface area contributed by atoms with Gasteiger partial charge in [-0.25, -0.2) is 0 Å². The fourth-order valence-electron chi connectivity index (χ4n) is 2.00. The number of hydrogen-bond donors (Lipinski definition) is 1. The summed E-state index contributed by atoms with van der Waals surface area (Å²) in [5.41, 5.74) is -1.39. The van der Waals surface area contributed by atoms with Crippen molar-refractivity contribution in [3.8, 4) is 5.75 Å². The van der Waals surface area contributed by atoms with Crippen molar-refractivity contribution in [2.45, 2.75) is 6.18 Å². The van der Waals surface area contributed by atoms with Gasteiger partial charge in [-0.2, -0.15) is 13.2 Å². The maximum Gasteiger partial charge on any atom is 0.418 e. The summed E-state index contributed by atoms with van der Waals surface area (Å²) in [5, 5.41) is 2.09. The molecule has 2 aromatic rings. The van der Waals surface area contributed by atoms with Crippen LogP contribution < -0.4 is 10.1 Å². The second-order valence-corrected chi connectivity index (χ2v) is 7.49. The van der Waals surface area contributed by atoms with Crippen LogP contribution in [-0.4, -0.2) is 24.0 Å². The summed E-state index contributed by atoms with van der Waals surface area (Å²) < 4.78 is 45.4. The average molecular weight is 469 g/mol. The van der Waals surface area contributed by atoms with E-state index in [0.29, 0.717) is 18.1 Å². The van der Waals surface area contributed by atoms with E-state index in [1.807, 2.05) is 18.2 Å². The maximum absolute atomic E-state index is 13.0. The van der Waals surface area contributed by atoms with Gasteiger partial charge in [0.2, 0.25) is 5.91 Å². The van der Waals surface area contributed by atoms with Gasteiger partial charge in [-0.3, -0.25) is 4.79 Å². The van der Waals surface area contributed by atoms with Gasteiger partial charge in [-0.05, 0) is 30.3 Å². The number of amides is 1. The van der Waals surface area contributed by atoms with Gasteiger partial charge in [0.05, 0.1) is 28.6 Å². The predicted molar refractivity (Wildman–Crippen MR) is 102 cm³/mol. The molecule has 26 heavy (non-hydrogen) atoms. The lowest BCUT2D eigenvalue weighted by molar-refractivity contribution is -0.137. The van der Waals surface area contributed by atoms with E-state index in [1.54, 1.807) is 6.07 Å². The first-order valence-corrected chi connectivity index (χ1v) is 9.71. The van der Waals surface area contributed by atoms with E-state index in [2.05, 4.69) is 21.2 Å². The van der Waals surface area contributed by atoms with E-state index >= 15 is 0 Å². The Hall–Kier alpha value is -1.38. The third-order valence-electron chi connectivity index (χ3n) is 3.11. The molecule has 0 aliphatic rings. The second-order valence-electron chi connectivity index (χ2n) is 5.07. The number of rotatable bonds is 7. The molecule has 140 valence electrons. The molecular weight excluding hydrogens is 455 g/mol. The molecule has 0 aromatic heterocycles. The Bertz CT molecular complexity index is 774. The Kier molecular flexibility index (Phi) is 7.67. The molecular formula is C17H14BrClF3NO2S. The van der Waals surface area contributed by atoms with Gasteiger partial charge >= 0.3 is 6.18 Å². The molecule has 1 amide bonds. The highest BCUT2D eigenvalue weighted by Crippen LogP contribution is 2.38. The summed E-state index contributed by atoms with van der Waals surface area (Å²) in [7, 11) is 0. The summed E-state index contributed by atoms with van der Waals surface area (Å²) in [4.78, 5) is 11.9. The van der Waals surface area contributed by atoms with E-state index in [1.165, 1.54) is 23.9 Å². The molecule has 1 N–H and O–H groups in total. The highest BCUT2D eigenvalue weighted by molar-refractivity contribution is 9.10. The Morgan fingerprint density at radius 3 is 2.65 bits per heavy atom. The van der Waals surface area contributed by atoms with Gasteiger partial charge in [-0.1, -0.05) is 39.7 Å². The van der Waals surface area contributed by atoms with Crippen LogP contribution in [-0.2, 0) is 11.0 Å². The van der Waals surface area contributed by atoms with Gasteiger partial charge in [0.25, 0.3) is 0 Å². The van der Waals surface area contributed by atoms with Gasteiger partial charge in [0, 0.05) is 10.2 Å². The standard InChI is InChI=1S/C17H14BrClF3NO2S/c18-11-3-1-4-12(9-11)25-7-8-26-10-15(24)23-16-13(17(20,21)22)5-2-6-14(16)19/h1-6,9H,7-8,10H2,(H,23,24). The monoisotopic (exact) mass is 467 g/mol. The molecule has 2 rings (SSSR count). The average Bonchev–Trinajstić information content (AvgIpc) is 2.55.